The third-order valence-electron chi connectivity index (χ3n) is 5.63. The van der Waals surface area contributed by atoms with Crippen molar-refractivity contribution in [3.63, 3.8) is 0 Å². The van der Waals surface area contributed by atoms with Crippen LogP contribution in [0.2, 0.25) is 0 Å². The number of aromatic nitrogens is 1. The minimum Gasteiger partial charge on any atom is -0.365 e. The van der Waals surface area contributed by atoms with Crippen LogP contribution in [0, 0.1) is 11.3 Å². The molecule has 2 aliphatic rings. The van der Waals surface area contributed by atoms with Gasteiger partial charge in [-0.1, -0.05) is 30.3 Å². The maximum absolute atomic E-state index is 9.88. The number of fused-ring (bicyclic) bond motifs is 1. The van der Waals surface area contributed by atoms with Gasteiger partial charge in [0.15, 0.2) is 0 Å². The summed E-state index contributed by atoms with van der Waals surface area (Å²) in [5.41, 5.74) is 4.38. The van der Waals surface area contributed by atoms with Crippen molar-refractivity contribution in [3.8, 4) is 6.07 Å². The average molecular weight is 361 g/mol. The molecule has 5 nitrogen and oxygen atoms in total. The number of hydrogen-bond acceptors (Lipinski definition) is 5. The molecule has 2 aliphatic heterocycles. The molecule has 1 fully saturated rings. The number of rotatable bonds is 4. The van der Waals surface area contributed by atoms with E-state index in [1.807, 2.05) is 18.2 Å². The van der Waals surface area contributed by atoms with Crippen molar-refractivity contribution in [2.75, 3.05) is 36.9 Å². The highest BCUT2D eigenvalue weighted by atomic mass is 15.2. The van der Waals surface area contributed by atoms with Gasteiger partial charge in [-0.05, 0) is 43.9 Å². The number of nitrogens with zero attached hydrogens (tertiary/aromatic N) is 4. The van der Waals surface area contributed by atoms with E-state index in [2.05, 4.69) is 40.4 Å². The first kappa shape index (κ1) is 17.8. The lowest BCUT2D eigenvalue weighted by atomic mass is 9.95. The fourth-order valence-electron chi connectivity index (χ4n) is 4.15. The summed E-state index contributed by atoms with van der Waals surface area (Å²) in [5.74, 6) is 1.83. The van der Waals surface area contributed by atoms with Crippen LogP contribution in [0.4, 0.5) is 11.6 Å². The molecule has 0 amide bonds. The van der Waals surface area contributed by atoms with Crippen molar-refractivity contribution < 1.29 is 0 Å². The summed E-state index contributed by atoms with van der Waals surface area (Å²) in [6, 6.07) is 12.7. The lowest BCUT2D eigenvalue weighted by Gasteiger charge is -2.34. The molecule has 1 N–H and O–H groups in total. The minimum atomic E-state index is 0.681. The molecule has 0 unspecified atom stereocenters. The summed E-state index contributed by atoms with van der Waals surface area (Å²) in [6.07, 6.45) is 4.66. The summed E-state index contributed by atoms with van der Waals surface area (Å²) in [6.45, 7) is 4.67. The van der Waals surface area contributed by atoms with E-state index in [1.54, 1.807) is 0 Å². The van der Waals surface area contributed by atoms with Gasteiger partial charge in [0.2, 0.25) is 0 Å². The molecule has 27 heavy (non-hydrogen) atoms. The third kappa shape index (κ3) is 3.77. The van der Waals surface area contributed by atoms with E-state index in [0.717, 1.165) is 49.8 Å². The molecule has 3 heterocycles. The number of anilines is 2. The van der Waals surface area contributed by atoms with Crippen LogP contribution >= 0.6 is 0 Å². The smallest absolute Gasteiger partial charge is 0.146 e. The predicted molar refractivity (Wildman–Crippen MR) is 109 cm³/mol. The standard InChI is InChI=1S/C22H27N5/c1-26-13-10-18-19(14-23)21(24-15-17-8-4-2-5-9-17)25-22(20(18)16-26)27-11-6-3-7-12-27/h2,4-5,8-9H,3,6-7,10-13,15-16H2,1H3,(H,24,25). The zero-order valence-corrected chi connectivity index (χ0v) is 16.0. The van der Waals surface area contributed by atoms with Gasteiger partial charge in [-0.15, -0.1) is 0 Å². The Morgan fingerprint density at radius 1 is 1.07 bits per heavy atom. The second-order valence-corrected chi connectivity index (χ2v) is 7.60. The van der Waals surface area contributed by atoms with Crippen LogP contribution in [0.3, 0.4) is 0 Å². The molecule has 1 aromatic carbocycles. The van der Waals surface area contributed by atoms with Crippen molar-refractivity contribution >= 4 is 11.6 Å². The molecule has 5 heteroatoms. The second-order valence-electron chi connectivity index (χ2n) is 7.60. The van der Waals surface area contributed by atoms with E-state index in [1.165, 1.54) is 36.0 Å². The number of nitriles is 1. The highest BCUT2D eigenvalue weighted by molar-refractivity contribution is 5.67. The molecule has 140 valence electrons. The fraction of sp³-hybridized carbons (Fsp3) is 0.455. The molecule has 0 radical (unpaired) electrons. The predicted octanol–water partition coefficient (Wildman–Crippen LogP) is 3.54. The number of pyridine rings is 1. The summed E-state index contributed by atoms with van der Waals surface area (Å²) < 4.78 is 0. The number of hydrogen-bond donors (Lipinski definition) is 1. The fourth-order valence-corrected chi connectivity index (χ4v) is 4.15. The van der Waals surface area contributed by atoms with E-state index in [0.29, 0.717) is 6.54 Å². The first-order valence-electron chi connectivity index (χ1n) is 9.93. The van der Waals surface area contributed by atoms with Gasteiger partial charge in [0, 0.05) is 38.3 Å². The third-order valence-corrected chi connectivity index (χ3v) is 5.63. The molecule has 0 saturated carbocycles. The molecule has 2 aromatic rings. The Morgan fingerprint density at radius 2 is 1.85 bits per heavy atom. The molecule has 0 bridgehead atoms. The van der Waals surface area contributed by atoms with E-state index in [9.17, 15) is 5.26 Å². The van der Waals surface area contributed by atoms with Gasteiger partial charge in [0.25, 0.3) is 0 Å². The molecular weight excluding hydrogens is 334 g/mol. The van der Waals surface area contributed by atoms with Crippen LogP contribution in [-0.4, -0.2) is 36.6 Å². The van der Waals surface area contributed by atoms with Crippen LogP contribution in [0.1, 0.15) is 41.5 Å². The van der Waals surface area contributed by atoms with Crippen LogP contribution < -0.4 is 10.2 Å². The van der Waals surface area contributed by atoms with Crippen molar-refractivity contribution in [1.29, 1.82) is 5.26 Å². The second kappa shape index (κ2) is 7.98. The number of nitrogens with one attached hydrogen (secondary N) is 1. The zero-order valence-electron chi connectivity index (χ0n) is 16.0. The Kier molecular flexibility index (Phi) is 5.26. The van der Waals surface area contributed by atoms with Gasteiger partial charge in [-0.3, -0.25) is 0 Å². The number of benzene rings is 1. The summed E-state index contributed by atoms with van der Waals surface area (Å²) in [4.78, 5) is 9.75. The van der Waals surface area contributed by atoms with Gasteiger partial charge >= 0.3 is 0 Å². The topological polar surface area (TPSA) is 55.2 Å². The Hall–Kier alpha value is -2.58. The van der Waals surface area contributed by atoms with Crippen molar-refractivity contribution in [2.45, 2.75) is 38.8 Å². The quantitative estimate of drug-likeness (QED) is 0.903. The summed E-state index contributed by atoms with van der Waals surface area (Å²) in [5, 5.41) is 13.3. The molecule has 1 aromatic heterocycles. The van der Waals surface area contributed by atoms with E-state index >= 15 is 0 Å². The van der Waals surface area contributed by atoms with Crippen LogP contribution in [-0.2, 0) is 19.5 Å². The number of piperidine rings is 1. The molecular formula is C22H27N5. The normalized spacial score (nSPS) is 17.3. The summed E-state index contributed by atoms with van der Waals surface area (Å²) >= 11 is 0. The summed E-state index contributed by atoms with van der Waals surface area (Å²) in [7, 11) is 2.15. The first-order chi connectivity index (χ1) is 13.3. The maximum atomic E-state index is 9.88. The molecule has 0 spiro atoms. The van der Waals surface area contributed by atoms with Crippen molar-refractivity contribution in [3.05, 3.63) is 52.6 Å². The zero-order chi connectivity index (χ0) is 18.6. The monoisotopic (exact) mass is 361 g/mol. The van der Waals surface area contributed by atoms with E-state index < -0.39 is 0 Å². The number of likely N-dealkylation sites (N-methyl/N-ethyl adjacent to an activating group) is 1. The van der Waals surface area contributed by atoms with E-state index in [4.69, 9.17) is 4.98 Å². The van der Waals surface area contributed by atoms with Gasteiger partial charge in [-0.2, -0.15) is 5.26 Å². The Morgan fingerprint density at radius 3 is 2.59 bits per heavy atom. The molecule has 0 aliphatic carbocycles. The van der Waals surface area contributed by atoms with Gasteiger partial charge in [-0.25, -0.2) is 4.98 Å². The first-order valence-corrected chi connectivity index (χ1v) is 9.93. The van der Waals surface area contributed by atoms with E-state index in [-0.39, 0.29) is 0 Å². The van der Waals surface area contributed by atoms with Crippen molar-refractivity contribution in [1.82, 2.24) is 9.88 Å². The van der Waals surface area contributed by atoms with Gasteiger partial charge in [0.1, 0.15) is 17.7 Å². The SMILES string of the molecule is CN1CCc2c(C#N)c(NCc3ccccc3)nc(N3CCCCC3)c2C1. The average Bonchev–Trinajstić information content (AvgIpc) is 2.72. The lowest BCUT2D eigenvalue weighted by molar-refractivity contribution is 0.312. The van der Waals surface area contributed by atoms with Crippen LogP contribution in [0.15, 0.2) is 30.3 Å². The van der Waals surface area contributed by atoms with Crippen LogP contribution in [0.5, 0.6) is 0 Å². The van der Waals surface area contributed by atoms with Crippen molar-refractivity contribution in [2.24, 2.45) is 0 Å². The largest absolute Gasteiger partial charge is 0.365 e. The maximum Gasteiger partial charge on any atom is 0.146 e. The molecule has 0 atom stereocenters. The highest BCUT2D eigenvalue weighted by Gasteiger charge is 2.27. The lowest BCUT2D eigenvalue weighted by Crippen LogP contribution is -2.35. The molecule has 1 saturated heterocycles. The van der Waals surface area contributed by atoms with Gasteiger partial charge in [0.05, 0.1) is 5.56 Å². The Labute approximate surface area is 161 Å². The Bertz CT molecular complexity index is 834. The highest BCUT2D eigenvalue weighted by Crippen LogP contribution is 2.34. The van der Waals surface area contributed by atoms with Gasteiger partial charge < -0.3 is 15.1 Å². The molecule has 4 rings (SSSR count). The Balaban J connectivity index is 1.72. The van der Waals surface area contributed by atoms with Crippen LogP contribution in [0.25, 0.3) is 0 Å². The minimum absolute atomic E-state index is 0.681.